The first-order chi connectivity index (χ1) is 20.1. The van der Waals surface area contributed by atoms with Crippen molar-refractivity contribution in [2.45, 2.75) is 75.6 Å². The molecule has 0 unspecified atom stereocenters. The lowest BCUT2D eigenvalue weighted by Crippen LogP contribution is -2.49. The van der Waals surface area contributed by atoms with Crippen molar-refractivity contribution in [3.8, 4) is 5.75 Å². The van der Waals surface area contributed by atoms with Gasteiger partial charge in [-0.25, -0.2) is 13.1 Å². The van der Waals surface area contributed by atoms with E-state index in [1.54, 1.807) is 25.1 Å². The van der Waals surface area contributed by atoms with Crippen molar-refractivity contribution in [2.75, 3.05) is 24.6 Å². The van der Waals surface area contributed by atoms with E-state index < -0.39 is 27.3 Å². The first kappa shape index (κ1) is 29.5. The SMILES string of the molecule is C[C@H]1C/C=C/C[C@H](O)[C@@H]2CC[C@H]2CN2C[C@@]3(CCCc4cc(Cl)ccc43)COc3ccc(cc32)C(=O)NS(=O)(=O)[C@H]1C. The number of aryl methyl sites for hydroxylation is 1. The van der Waals surface area contributed by atoms with Crippen LogP contribution in [0.5, 0.6) is 5.75 Å². The zero-order chi connectivity index (χ0) is 29.6. The first-order valence-corrected chi connectivity index (χ1v) is 17.2. The molecule has 2 aliphatic carbocycles. The molecule has 1 saturated carbocycles. The highest BCUT2D eigenvalue weighted by molar-refractivity contribution is 7.90. The largest absolute Gasteiger partial charge is 0.490 e. The second-order valence-corrected chi connectivity index (χ2v) is 15.4. The van der Waals surface area contributed by atoms with Gasteiger partial charge in [0.05, 0.1) is 23.6 Å². The summed E-state index contributed by atoms with van der Waals surface area (Å²) in [5, 5.41) is 11.1. The summed E-state index contributed by atoms with van der Waals surface area (Å²) < 4.78 is 35.2. The maximum atomic E-state index is 13.4. The van der Waals surface area contributed by atoms with E-state index in [4.69, 9.17) is 16.3 Å². The molecule has 42 heavy (non-hydrogen) atoms. The lowest BCUT2D eigenvalue weighted by Gasteiger charge is -2.45. The van der Waals surface area contributed by atoms with E-state index in [2.05, 4.69) is 21.8 Å². The summed E-state index contributed by atoms with van der Waals surface area (Å²) in [7, 11) is -3.90. The minimum atomic E-state index is -3.90. The Balaban J connectivity index is 1.41. The predicted molar refractivity (Wildman–Crippen MR) is 166 cm³/mol. The number of carbonyl (C=O) groups excluding carboxylic acids is 1. The number of hydrogen-bond acceptors (Lipinski definition) is 6. The summed E-state index contributed by atoms with van der Waals surface area (Å²) in [5.74, 6) is 0.347. The van der Waals surface area contributed by atoms with Gasteiger partial charge in [-0.15, -0.1) is 0 Å². The number of aliphatic hydroxyl groups excluding tert-OH is 1. The van der Waals surface area contributed by atoms with Crippen LogP contribution in [0.1, 0.15) is 73.9 Å². The maximum Gasteiger partial charge on any atom is 0.264 e. The molecule has 0 aromatic heterocycles. The van der Waals surface area contributed by atoms with Crippen LogP contribution in [0.4, 0.5) is 5.69 Å². The van der Waals surface area contributed by atoms with Crippen LogP contribution < -0.4 is 14.4 Å². The second kappa shape index (κ2) is 11.5. The Morgan fingerprint density at radius 3 is 2.69 bits per heavy atom. The predicted octanol–water partition coefficient (Wildman–Crippen LogP) is 5.63. The normalized spacial score (nSPS) is 33.6. The number of carbonyl (C=O) groups is 1. The molecule has 2 N–H and O–H groups in total. The van der Waals surface area contributed by atoms with E-state index in [-0.39, 0.29) is 22.8 Å². The number of rotatable bonds is 0. The number of ether oxygens (including phenoxy) is 1. The fourth-order valence-electron chi connectivity index (χ4n) is 7.37. The van der Waals surface area contributed by atoms with Crippen LogP contribution in [0.2, 0.25) is 5.02 Å². The standard InChI is InChI=1S/C33H41ClN2O5S/c1-21-6-3-4-8-30(37)27-12-9-25(27)18-36-19-33(15-5-7-23-16-26(34)11-13-28(23)33)20-41-31-14-10-24(17-29(31)36)32(38)35-42(39,40)22(21)2/h3-4,10-11,13-14,16-17,21-22,25,27,30,37H,5-9,12,15,18-20H2,1-2H3,(H,35,38)/b4-3+/t21-,22-,25-,27+,30-,33-/m0/s1. The number of sulfonamides is 1. The maximum absolute atomic E-state index is 13.4. The number of nitrogens with one attached hydrogen (secondary N) is 1. The molecule has 2 aromatic rings. The Morgan fingerprint density at radius 2 is 1.90 bits per heavy atom. The second-order valence-electron chi connectivity index (χ2n) is 13.0. The third-order valence-electron chi connectivity index (χ3n) is 10.3. The van der Waals surface area contributed by atoms with Gasteiger partial charge in [0.25, 0.3) is 5.91 Å². The van der Waals surface area contributed by atoms with Gasteiger partial charge in [-0.05, 0) is 111 Å². The lowest BCUT2D eigenvalue weighted by molar-refractivity contribution is 0.0177. The van der Waals surface area contributed by atoms with Crippen molar-refractivity contribution >= 4 is 33.2 Å². The van der Waals surface area contributed by atoms with Crippen molar-refractivity contribution in [3.05, 3.63) is 70.3 Å². The van der Waals surface area contributed by atoms with Crippen LogP contribution in [-0.2, 0) is 21.9 Å². The average molecular weight is 613 g/mol. The van der Waals surface area contributed by atoms with E-state index in [0.717, 1.165) is 49.4 Å². The van der Waals surface area contributed by atoms with Crippen LogP contribution in [0.15, 0.2) is 48.6 Å². The summed E-state index contributed by atoms with van der Waals surface area (Å²) in [4.78, 5) is 15.7. The molecule has 2 aliphatic heterocycles. The van der Waals surface area contributed by atoms with E-state index in [1.807, 2.05) is 25.1 Å². The molecule has 1 fully saturated rings. The smallest absolute Gasteiger partial charge is 0.264 e. The fourth-order valence-corrected chi connectivity index (χ4v) is 8.85. The molecule has 6 rings (SSSR count). The van der Waals surface area contributed by atoms with Gasteiger partial charge in [-0.3, -0.25) is 4.79 Å². The number of anilines is 1. The van der Waals surface area contributed by atoms with Crippen LogP contribution in [0, 0.1) is 17.8 Å². The third kappa shape index (κ3) is 5.58. The molecule has 2 bridgehead atoms. The number of aliphatic hydroxyl groups is 1. The zero-order valence-electron chi connectivity index (χ0n) is 24.4. The highest BCUT2D eigenvalue weighted by atomic mass is 35.5. The molecule has 0 saturated heterocycles. The first-order valence-electron chi connectivity index (χ1n) is 15.3. The number of halogens is 1. The number of amides is 1. The van der Waals surface area contributed by atoms with E-state index in [9.17, 15) is 18.3 Å². The average Bonchev–Trinajstić information content (AvgIpc) is 3.09. The summed E-state index contributed by atoms with van der Waals surface area (Å²) in [6.45, 7) is 5.44. The van der Waals surface area contributed by atoms with Gasteiger partial charge in [0, 0.05) is 29.1 Å². The fraction of sp³-hybridized carbons (Fsp3) is 0.545. The molecular weight excluding hydrogens is 572 g/mol. The Kier molecular flexibility index (Phi) is 8.09. The zero-order valence-corrected chi connectivity index (χ0v) is 26.0. The van der Waals surface area contributed by atoms with Crippen molar-refractivity contribution < 1.29 is 23.1 Å². The van der Waals surface area contributed by atoms with Crippen molar-refractivity contribution in [1.82, 2.24) is 4.72 Å². The van der Waals surface area contributed by atoms with Crippen molar-refractivity contribution in [2.24, 2.45) is 17.8 Å². The molecule has 1 amide bonds. The monoisotopic (exact) mass is 612 g/mol. The Bertz CT molecular complexity index is 1490. The molecule has 7 nitrogen and oxygen atoms in total. The van der Waals surface area contributed by atoms with Gasteiger partial charge in [-0.2, -0.15) is 0 Å². The third-order valence-corrected chi connectivity index (χ3v) is 12.5. The van der Waals surface area contributed by atoms with Crippen molar-refractivity contribution in [1.29, 1.82) is 0 Å². The van der Waals surface area contributed by atoms with Gasteiger partial charge < -0.3 is 14.7 Å². The van der Waals surface area contributed by atoms with Gasteiger partial charge in [0.1, 0.15) is 5.75 Å². The number of nitrogens with zero attached hydrogens (tertiary/aromatic N) is 1. The Labute approximate surface area is 254 Å². The van der Waals surface area contributed by atoms with E-state index in [1.165, 1.54) is 11.1 Å². The quantitative estimate of drug-likeness (QED) is 0.374. The lowest BCUT2D eigenvalue weighted by atomic mass is 9.68. The Hall–Kier alpha value is -2.55. The van der Waals surface area contributed by atoms with Gasteiger partial charge in [0.15, 0.2) is 0 Å². The number of allylic oxidation sites excluding steroid dienone is 1. The molecule has 226 valence electrons. The van der Waals surface area contributed by atoms with Crippen LogP contribution in [0.25, 0.3) is 0 Å². The van der Waals surface area contributed by atoms with Crippen LogP contribution in [0.3, 0.4) is 0 Å². The number of benzene rings is 2. The number of hydrogen-bond donors (Lipinski definition) is 2. The van der Waals surface area contributed by atoms with Crippen LogP contribution >= 0.6 is 11.6 Å². The topological polar surface area (TPSA) is 95.9 Å². The molecule has 6 atom stereocenters. The van der Waals surface area contributed by atoms with Crippen molar-refractivity contribution in [3.63, 3.8) is 0 Å². The molecular formula is C33H41ClN2O5S. The highest BCUT2D eigenvalue weighted by Gasteiger charge is 2.44. The molecule has 4 aliphatic rings. The van der Waals surface area contributed by atoms with E-state index >= 15 is 0 Å². The van der Waals surface area contributed by atoms with Gasteiger partial charge >= 0.3 is 0 Å². The molecule has 2 heterocycles. The number of fused-ring (bicyclic) bond motifs is 4. The summed E-state index contributed by atoms with van der Waals surface area (Å²) in [5.41, 5.74) is 3.34. The highest BCUT2D eigenvalue weighted by Crippen LogP contribution is 2.47. The molecule has 1 spiro atoms. The van der Waals surface area contributed by atoms with Gasteiger partial charge in [-0.1, -0.05) is 36.7 Å². The molecule has 9 heteroatoms. The summed E-state index contributed by atoms with van der Waals surface area (Å²) in [6, 6.07) is 11.4. The Morgan fingerprint density at radius 1 is 1.10 bits per heavy atom. The molecule has 0 radical (unpaired) electrons. The van der Waals surface area contributed by atoms with Gasteiger partial charge in [0.2, 0.25) is 10.0 Å². The molecule has 2 aromatic carbocycles. The summed E-state index contributed by atoms with van der Waals surface area (Å²) in [6.07, 6.45) is 9.58. The van der Waals surface area contributed by atoms with Crippen LogP contribution in [-0.4, -0.2) is 50.5 Å². The van der Waals surface area contributed by atoms with E-state index in [0.29, 0.717) is 37.7 Å². The minimum Gasteiger partial charge on any atom is -0.490 e. The summed E-state index contributed by atoms with van der Waals surface area (Å²) >= 11 is 6.39. The minimum absolute atomic E-state index is 0.189.